The van der Waals surface area contributed by atoms with Crippen molar-refractivity contribution in [2.45, 2.75) is 0 Å². The maximum atomic E-state index is 12.9. The number of carbonyl (C=O) groups excluding carboxylic acids is 1. The van der Waals surface area contributed by atoms with E-state index in [9.17, 15) is 19.1 Å². The van der Waals surface area contributed by atoms with Gasteiger partial charge in [0.15, 0.2) is 0 Å². The highest BCUT2D eigenvalue weighted by molar-refractivity contribution is 6.07. The Bertz CT molecular complexity index is 731. The first kappa shape index (κ1) is 14.3. The molecule has 0 saturated carbocycles. The number of nitrogens with one attached hydrogen (secondary N) is 1. The third kappa shape index (κ3) is 3.08. The van der Waals surface area contributed by atoms with Crippen molar-refractivity contribution in [2.75, 3.05) is 11.1 Å². The third-order valence-electron chi connectivity index (χ3n) is 2.75. The molecule has 0 radical (unpaired) electrons. The number of rotatable bonds is 3. The van der Waals surface area contributed by atoms with Crippen molar-refractivity contribution in [1.29, 1.82) is 0 Å². The number of benzene rings is 2. The van der Waals surface area contributed by atoms with Crippen molar-refractivity contribution in [3.05, 3.63) is 53.3 Å². The Balaban J connectivity index is 2.25. The molecular weight excluding hydrogens is 279 g/mol. The van der Waals surface area contributed by atoms with Crippen molar-refractivity contribution in [2.24, 2.45) is 0 Å². The van der Waals surface area contributed by atoms with Gasteiger partial charge in [-0.2, -0.15) is 0 Å². The first-order chi connectivity index (χ1) is 9.88. The number of aromatic carboxylic acids is 1. The standard InChI is InChI=1S/C14H11FN2O4/c15-8-2-3-9(12(18)6-8)13(19)17-11-4-1-7(14(20)21)5-10(11)16/h1-6,18H,16H2,(H,17,19)(H,20,21). The smallest absolute Gasteiger partial charge is 0.335 e. The zero-order valence-electron chi connectivity index (χ0n) is 10.6. The molecule has 0 saturated heterocycles. The quantitative estimate of drug-likeness (QED) is 0.646. The normalized spacial score (nSPS) is 10.1. The van der Waals surface area contributed by atoms with Crippen molar-refractivity contribution in [3.8, 4) is 5.75 Å². The fourth-order valence-electron chi connectivity index (χ4n) is 1.70. The van der Waals surface area contributed by atoms with Gasteiger partial charge in [0, 0.05) is 6.07 Å². The van der Waals surface area contributed by atoms with Crippen molar-refractivity contribution in [3.63, 3.8) is 0 Å². The second-order valence-electron chi connectivity index (χ2n) is 4.22. The van der Waals surface area contributed by atoms with Crippen LogP contribution in [-0.2, 0) is 0 Å². The van der Waals surface area contributed by atoms with Crippen molar-refractivity contribution < 1.29 is 24.2 Å². The van der Waals surface area contributed by atoms with Crippen LogP contribution in [0.15, 0.2) is 36.4 Å². The van der Waals surface area contributed by atoms with Gasteiger partial charge >= 0.3 is 5.97 Å². The number of aromatic hydroxyl groups is 1. The molecule has 0 aromatic heterocycles. The van der Waals surface area contributed by atoms with Gasteiger partial charge < -0.3 is 21.3 Å². The van der Waals surface area contributed by atoms with Gasteiger partial charge in [-0.3, -0.25) is 4.79 Å². The van der Waals surface area contributed by atoms with Crippen LogP contribution in [-0.4, -0.2) is 22.1 Å². The van der Waals surface area contributed by atoms with Crippen molar-refractivity contribution >= 4 is 23.3 Å². The largest absolute Gasteiger partial charge is 0.507 e. The average Bonchev–Trinajstić information content (AvgIpc) is 2.40. The fraction of sp³-hybridized carbons (Fsp3) is 0. The first-order valence-corrected chi connectivity index (χ1v) is 5.81. The lowest BCUT2D eigenvalue weighted by atomic mass is 10.1. The van der Waals surface area contributed by atoms with Crippen molar-refractivity contribution in [1.82, 2.24) is 0 Å². The summed E-state index contributed by atoms with van der Waals surface area (Å²) in [6.07, 6.45) is 0. The predicted molar refractivity (Wildman–Crippen MR) is 73.8 cm³/mol. The Hall–Kier alpha value is -3.09. The predicted octanol–water partition coefficient (Wildman–Crippen LogP) is 2.06. The van der Waals surface area contributed by atoms with Crippen LogP contribution in [0.2, 0.25) is 0 Å². The van der Waals surface area contributed by atoms with E-state index in [1.54, 1.807) is 0 Å². The Morgan fingerprint density at radius 3 is 2.43 bits per heavy atom. The maximum absolute atomic E-state index is 12.9. The van der Waals surface area contributed by atoms with Gasteiger partial charge in [0.25, 0.3) is 5.91 Å². The number of nitrogen functional groups attached to an aromatic ring is 1. The molecule has 108 valence electrons. The second-order valence-corrected chi connectivity index (χ2v) is 4.22. The van der Waals surface area contributed by atoms with Gasteiger partial charge in [0.2, 0.25) is 0 Å². The van der Waals surface area contributed by atoms with E-state index in [-0.39, 0.29) is 22.5 Å². The van der Waals surface area contributed by atoms with Crippen LogP contribution in [0, 0.1) is 5.82 Å². The summed E-state index contributed by atoms with van der Waals surface area (Å²) in [5.74, 6) is -3.01. The average molecular weight is 290 g/mol. The number of carboxylic acids is 1. The molecule has 0 atom stereocenters. The van der Waals surface area contributed by atoms with Crippen LogP contribution in [0.5, 0.6) is 5.75 Å². The Morgan fingerprint density at radius 1 is 1.14 bits per heavy atom. The Labute approximate surface area is 118 Å². The lowest BCUT2D eigenvalue weighted by Crippen LogP contribution is -2.14. The third-order valence-corrected chi connectivity index (χ3v) is 2.75. The van der Waals surface area contributed by atoms with Gasteiger partial charge in [-0.05, 0) is 30.3 Å². The van der Waals surface area contributed by atoms with E-state index in [4.69, 9.17) is 10.8 Å². The summed E-state index contributed by atoms with van der Waals surface area (Å²) in [6.45, 7) is 0. The summed E-state index contributed by atoms with van der Waals surface area (Å²) in [5.41, 5.74) is 5.75. The Morgan fingerprint density at radius 2 is 1.86 bits per heavy atom. The molecule has 21 heavy (non-hydrogen) atoms. The molecule has 7 heteroatoms. The van der Waals surface area contributed by atoms with Gasteiger partial charge in [0.1, 0.15) is 11.6 Å². The molecular formula is C14H11FN2O4. The summed E-state index contributed by atoms with van der Waals surface area (Å²) in [4.78, 5) is 22.7. The molecule has 0 fully saturated rings. The highest BCUT2D eigenvalue weighted by Crippen LogP contribution is 2.23. The van der Waals surface area contributed by atoms with E-state index in [2.05, 4.69) is 5.32 Å². The molecule has 2 aromatic rings. The van der Waals surface area contributed by atoms with Crippen LogP contribution >= 0.6 is 0 Å². The number of nitrogens with two attached hydrogens (primary N) is 1. The van der Waals surface area contributed by atoms with Gasteiger partial charge in [-0.15, -0.1) is 0 Å². The number of hydrogen-bond acceptors (Lipinski definition) is 4. The molecule has 0 aliphatic carbocycles. The highest BCUT2D eigenvalue weighted by Gasteiger charge is 2.14. The summed E-state index contributed by atoms with van der Waals surface area (Å²) >= 11 is 0. The second kappa shape index (κ2) is 5.49. The molecule has 0 bridgehead atoms. The summed E-state index contributed by atoms with van der Waals surface area (Å²) < 4.78 is 12.9. The summed E-state index contributed by atoms with van der Waals surface area (Å²) in [6, 6.07) is 6.78. The number of carbonyl (C=O) groups is 2. The maximum Gasteiger partial charge on any atom is 0.335 e. The minimum atomic E-state index is -1.14. The van der Waals surface area contributed by atoms with Crippen LogP contribution in [0.4, 0.5) is 15.8 Å². The molecule has 0 unspecified atom stereocenters. The summed E-state index contributed by atoms with van der Waals surface area (Å²) in [5, 5.41) is 20.7. The van der Waals surface area contributed by atoms with E-state index in [0.29, 0.717) is 0 Å². The topological polar surface area (TPSA) is 113 Å². The Kier molecular flexibility index (Phi) is 3.75. The number of phenols is 1. The molecule has 6 nitrogen and oxygen atoms in total. The summed E-state index contributed by atoms with van der Waals surface area (Å²) in [7, 11) is 0. The number of carboxylic acid groups (broad SMARTS) is 1. The van der Waals surface area contributed by atoms with E-state index in [1.807, 2.05) is 0 Å². The molecule has 0 spiro atoms. The van der Waals surface area contributed by atoms with E-state index < -0.39 is 23.4 Å². The van der Waals surface area contributed by atoms with E-state index >= 15 is 0 Å². The minimum absolute atomic E-state index is 0.0184. The van der Waals surface area contributed by atoms with Gasteiger partial charge in [0.05, 0.1) is 22.5 Å². The number of halogens is 1. The number of hydrogen-bond donors (Lipinski definition) is 4. The SMILES string of the molecule is Nc1cc(C(=O)O)ccc1NC(=O)c1ccc(F)cc1O. The van der Waals surface area contributed by atoms with Gasteiger partial charge in [-0.25, -0.2) is 9.18 Å². The van der Waals surface area contributed by atoms with Crippen LogP contribution in [0.1, 0.15) is 20.7 Å². The van der Waals surface area contributed by atoms with Crippen LogP contribution in [0.25, 0.3) is 0 Å². The van der Waals surface area contributed by atoms with Crippen LogP contribution < -0.4 is 11.1 Å². The molecule has 0 aliphatic heterocycles. The molecule has 0 aliphatic rings. The highest BCUT2D eigenvalue weighted by atomic mass is 19.1. The fourth-order valence-corrected chi connectivity index (χ4v) is 1.70. The zero-order valence-corrected chi connectivity index (χ0v) is 10.6. The molecule has 2 aromatic carbocycles. The molecule has 1 amide bonds. The number of amides is 1. The van der Waals surface area contributed by atoms with E-state index in [0.717, 1.165) is 18.2 Å². The number of phenolic OH excluding ortho intramolecular Hbond substituents is 1. The number of anilines is 2. The van der Waals surface area contributed by atoms with Gasteiger partial charge in [-0.1, -0.05) is 0 Å². The van der Waals surface area contributed by atoms with E-state index in [1.165, 1.54) is 18.2 Å². The molecule has 5 N–H and O–H groups in total. The monoisotopic (exact) mass is 290 g/mol. The van der Waals surface area contributed by atoms with Crippen LogP contribution in [0.3, 0.4) is 0 Å². The zero-order chi connectivity index (χ0) is 15.6. The minimum Gasteiger partial charge on any atom is -0.507 e. The molecule has 0 heterocycles. The molecule has 2 rings (SSSR count). The lowest BCUT2D eigenvalue weighted by Gasteiger charge is -2.10. The first-order valence-electron chi connectivity index (χ1n) is 5.81. The lowest BCUT2D eigenvalue weighted by molar-refractivity contribution is 0.0696.